The first-order chi connectivity index (χ1) is 6.33. The number of rotatable bonds is 3. The van der Waals surface area contributed by atoms with Gasteiger partial charge in [-0.25, -0.2) is 4.79 Å². The lowest BCUT2D eigenvalue weighted by Crippen LogP contribution is -2.39. The SMILES string of the molecule is CCOC(=O)C=C[C@@H]1COCCN1. The summed E-state index contributed by atoms with van der Waals surface area (Å²) >= 11 is 0. The van der Waals surface area contributed by atoms with Crippen molar-refractivity contribution in [2.45, 2.75) is 13.0 Å². The molecular weight excluding hydrogens is 170 g/mol. The molecule has 1 saturated heterocycles. The molecule has 0 spiro atoms. The molecule has 0 unspecified atom stereocenters. The molecule has 1 rings (SSSR count). The minimum Gasteiger partial charge on any atom is -0.463 e. The van der Waals surface area contributed by atoms with Gasteiger partial charge in [0.25, 0.3) is 0 Å². The summed E-state index contributed by atoms with van der Waals surface area (Å²) in [6.07, 6.45) is 3.22. The highest BCUT2D eigenvalue weighted by molar-refractivity contribution is 5.81. The van der Waals surface area contributed by atoms with Gasteiger partial charge in [0.05, 0.1) is 19.8 Å². The second kappa shape index (κ2) is 5.72. The molecule has 1 N–H and O–H groups in total. The average molecular weight is 185 g/mol. The molecule has 4 nitrogen and oxygen atoms in total. The topological polar surface area (TPSA) is 47.6 Å². The molecule has 13 heavy (non-hydrogen) atoms. The molecule has 0 aromatic rings. The van der Waals surface area contributed by atoms with E-state index in [1.165, 1.54) is 6.08 Å². The molecule has 1 aliphatic heterocycles. The van der Waals surface area contributed by atoms with Crippen molar-refractivity contribution in [3.8, 4) is 0 Å². The number of carbonyl (C=O) groups excluding carboxylic acids is 1. The van der Waals surface area contributed by atoms with Crippen molar-refractivity contribution in [3.05, 3.63) is 12.2 Å². The summed E-state index contributed by atoms with van der Waals surface area (Å²) in [6.45, 7) is 4.39. The van der Waals surface area contributed by atoms with Gasteiger partial charge in [-0.2, -0.15) is 0 Å². The molecule has 0 bridgehead atoms. The number of nitrogens with one attached hydrogen (secondary N) is 1. The van der Waals surface area contributed by atoms with Gasteiger partial charge >= 0.3 is 5.97 Å². The average Bonchev–Trinajstić information content (AvgIpc) is 2.17. The molecule has 1 atom stereocenters. The zero-order chi connectivity index (χ0) is 9.52. The Kier molecular flexibility index (Phi) is 4.49. The van der Waals surface area contributed by atoms with E-state index in [0.29, 0.717) is 13.2 Å². The molecule has 0 amide bonds. The summed E-state index contributed by atoms with van der Waals surface area (Å²) in [4.78, 5) is 10.9. The van der Waals surface area contributed by atoms with Crippen molar-refractivity contribution in [1.29, 1.82) is 0 Å². The van der Waals surface area contributed by atoms with Crippen molar-refractivity contribution >= 4 is 5.97 Å². The maximum absolute atomic E-state index is 10.9. The first kappa shape index (κ1) is 10.2. The van der Waals surface area contributed by atoms with Gasteiger partial charge in [-0.1, -0.05) is 6.08 Å². The summed E-state index contributed by atoms with van der Waals surface area (Å²) in [5.74, 6) is -0.296. The number of morpholine rings is 1. The Bertz CT molecular complexity index is 185. The van der Waals surface area contributed by atoms with Crippen molar-refractivity contribution < 1.29 is 14.3 Å². The van der Waals surface area contributed by atoms with Gasteiger partial charge in [0.1, 0.15) is 0 Å². The fourth-order valence-electron chi connectivity index (χ4n) is 1.09. The predicted octanol–water partition coefficient (Wildman–Crippen LogP) is 0.0941. The number of esters is 1. The molecular formula is C9H15NO3. The van der Waals surface area contributed by atoms with Gasteiger partial charge in [-0.15, -0.1) is 0 Å². The summed E-state index contributed by atoms with van der Waals surface area (Å²) in [7, 11) is 0. The number of ether oxygens (including phenoxy) is 2. The predicted molar refractivity (Wildman–Crippen MR) is 48.4 cm³/mol. The zero-order valence-corrected chi connectivity index (χ0v) is 7.79. The van der Waals surface area contributed by atoms with E-state index < -0.39 is 0 Å². The third-order valence-corrected chi connectivity index (χ3v) is 1.70. The van der Waals surface area contributed by atoms with Crippen LogP contribution >= 0.6 is 0 Å². The Balaban J connectivity index is 2.24. The number of hydrogen-bond acceptors (Lipinski definition) is 4. The Morgan fingerprint density at radius 1 is 1.77 bits per heavy atom. The van der Waals surface area contributed by atoms with Crippen LogP contribution < -0.4 is 5.32 Å². The highest BCUT2D eigenvalue weighted by Crippen LogP contribution is 1.95. The van der Waals surface area contributed by atoms with E-state index in [-0.39, 0.29) is 12.0 Å². The Morgan fingerprint density at radius 3 is 3.23 bits per heavy atom. The van der Waals surface area contributed by atoms with Gasteiger partial charge in [-0.05, 0) is 6.92 Å². The fourth-order valence-corrected chi connectivity index (χ4v) is 1.09. The largest absolute Gasteiger partial charge is 0.463 e. The highest BCUT2D eigenvalue weighted by atomic mass is 16.5. The molecule has 1 aliphatic rings. The van der Waals surface area contributed by atoms with Gasteiger partial charge in [0, 0.05) is 18.7 Å². The van der Waals surface area contributed by atoms with E-state index in [1.807, 2.05) is 0 Å². The Hall–Kier alpha value is -0.870. The lowest BCUT2D eigenvalue weighted by Gasteiger charge is -2.20. The molecule has 1 fully saturated rings. The lowest BCUT2D eigenvalue weighted by atomic mass is 10.2. The zero-order valence-electron chi connectivity index (χ0n) is 7.79. The van der Waals surface area contributed by atoms with Crippen LogP contribution in [0.5, 0.6) is 0 Å². The second-order valence-electron chi connectivity index (χ2n) is 2.75. The fraction of sp³-hybridized carbons (Fsp3) is 0.667. The van der Waals surface area contributed by atoms with Crippen LogP contribution in [0.25, 0.3) is 0 Å². The van der Waals surface area contributed by atoms with E-state index in [2.05, 4.69) is 5.32 Å². The maximum Gasteiger partial charge on any atom is 0.330 e. The first-order valence-corrected chi connectivity index (χ1v) is 4.49. The van der Waals surface area contributed by atoms with Crippen molar-refractivity contribution in [1.82, 2.24) is 5.32 Å². The Labute approximate surface area is 77.9 Å². The quantitative estimate of drug-likeness (QED) is 0.500. The molecule has 74 valence electrons. The van der Waals surface area contributed by atoms with Gasteiger partial charge in [-0.3, -0.25) is 0 Å². The van der Waals surface area contributed by atoms with Crippen LogP contribution in [-0.2, 0) is 14.3 Å². The van der Waals surface area contributed by atoms with Gasteiger partial charge < -0.3 is 14.8 Å². The highest BCUT2D eigenvalue weighted by Gasteiger charge is 2.09. The van der Waals surface area contributed by atoms with Crippen molar-refractivity contribution in [3.63, 3.8) is 0 Å². The van der Waals surface area contributed by atoms with Crippen molar-refractivity contribution in [2.24, 2.45) is 0 Å². The van der Waals surface area contributed by atoms with Crippen LogP contribution in [-0.4, -0.2) is 38.4 Å². The smallest absolute Gasteiger partial charge is 0.330 e. The normalized spacial score (nSPS) is 23.3. The van der Waals surface area contributed by atoms with Crippen LogP contribution in [0.4, 0.5) is 0 Å². The minimum absolute atomic E-state index is 0.137. The molecule has 1 heterocycles. The van der Waals surface area contributed by atoms with Crippen molar-refractivity contribution in [2.75, 3.05) is 26.4 Å². The van der Waals surface area contributed by atoms with E-state index in [1.54, 1.807) is 13.0 Å². The van der Waals surface area contributed by atoms with Crippen LogP contribution in [0, 0.1) is 0 Å². The van der Waals surface area contributed by atoms with E-state index in [4.69, 9.17) is 9.47 Å². The maximum atomic E-state index is 10.9. The molecule has 0 aromatic carbocycles. The molecule has 0 radical (unpaired) electrons. The molecule has 4 heteroatoms. The van der Waals surface area contributed by atoms with Crippen LogP contribution in [0.3, 0.4) is 0 Å². The summed E-state index contributed by atoms with van der Waals surface area (Å²) in [5.41, 5.74) is 0. The van der Waals surface area contributed by atoms with Crippen LogP contribution in [0.2, 0.25) is 0 Å². The van der Waals surface area contributed by atoms with Crippen LogP contribution in [0.1, 0.15) is 6.92 Å². The van der Waals surface area contributed by atoms with Gasteiger partial charge in [0.15, 0.2) is 0 Å². The lowest BCUT2D eigenvalue weighted by molar-refractivity contribution is -0.137. The van der Waals surface area contributed by atoms with E-state index in [9.17, 15) is 4.79 Å². The number of hydrogen-bond donors (Lipinski definition) is 1. The summed E-state index contributed by atoms with van der Waals surface area (Å²) in [6, 6.07) is 0.137. The van der Waals surface area contributed by atoms with E-state index >= 15 is 0 Å². The van der Waals surface area contributed by atoms with Crippen LogP contribution in [0.15, 0.2) is 12.2 Å². The first-order valence-electron chi connectivity index (χ1n) is 4.49. The number of carbonyl (C=O) groups is 1. The Morgan fingerprint density at radius 2 is 2.62 bits per heavy atom. The third kappa shape index (κ3) is 4.05. The van der Waals surface area contributed by atoms with E-state index in [0.717, 1.165) is 13.2 Å². The third-order valence-electron chi connectivity index (χ3n) is 1.70. The molecule has 0 aliphatic carbocycles. The minimum atomic E-state index is -0.296. The molecule has 0 aromatic heterocycles. The standard InChI is InChI=1S/C9H15NO3/c1-2-13-9(11)4-3-8-7-12-6-5-10-8/h3-4,8,10H,2,5-7H2,1H3/t8-/m1/s1. The second-order valence-corrected chi connectivity index (χ2v) is 2.75. The monoisotopic (exact) mass is 185 g/mol. The summed E-state index contributed by atoms with van der Waals surface area (Å²) in [5, 5.41) is 3.20. The molecule has 0 saturated carbocycles. The summed E-state index contributed by atoms with van der Waals surface area (Å²) < 4.78 is 9.95. The van der Waals surface area contributed by atoms with Gasteiger partial charge in [0.2, 0.25) is 0 Å².